The lowest BCUT2D eigenvalue weighted by molar-refractivity contribution is 0.0943. The largest absolute Gasteiger partial charge is 0.352 e. The second-order valence-corrected chi connectivity index (χ2v) is 7.40. The second-order valence-electron chi connectivity index (χ2n) is 7.40. The van der Waals surface area contributed by atoms with Gasteiger partial charge in [-0.1, -0.05) is 48.5 Å². The van der Waals surface area contributed by atoms with E-state index >= 15 is 0 Å². The van der Waals surface area contributed by atoms with Crippen LogP contribution in [0.3, 0.4) is 0 Å². The molecule has 0 fully saturated rings. The Labute approximate surface area is 152 Å². The molecular weight excluding hydrogens is 322 g/mol. The van der Waals surface area contributed by atoms with Gasteiger partial charge in [0.15, 0.2) is 0 Å². The van der Waals surface area contributed by atoms with Crippen LogP contribution in [0.2, 0.25) is 0 Å². The number of nitrogens with one attached hydrogen (secondary N) is 1. The first-order valence-electron chi connectivity index (χ1n) is 9.17. The Morgan fingerprint density at radius 3 is 2.27 bits per heavy atom. The van der Waals surface area contributed by atoms with Gasteiger partial charge in [0.25, 0.3) is 5.91 Å². The Balaban J connectivity index is 1.44. The number of aryl methyl sites for hydroxylation is 1. The lowest BCUT2D eigenvalue weighted by Gasteiger charge is -2.45. The van der Waals surface area contributed by atoms with Gasteiger partial charge >= 0.3 is 0 Å². The van der Waals surface area contributed by atoms with Gasteiger partial charge in [-0.25, -0.2) is 0 Å². The van der Waals surface area contributed by atoms with Crippen LogP contribution in [0, 0.1) is 5.92 Å². The molecule has 1 amide bonds. The predicted octanol–water partition coefficient (Wildman–Crippen LogP) is 3.45. The van der Waals surface area contributed by atoms with Gasteiger partial charge < -0.3 is 5.32 Å². The molecule has 1 atom stereocenters. The van der Waals surface area contributed by atoms with E-state index < -0.39 is 0 Å². The summed E-state index contributed by atoms with van der Waals surface area (Å²) in [4.78, 5) is 12.4. The number of carbonyl (C=O) groups excluding carboxylic acids is 1. The quantitative estimate of drug-likeness (QED) is 0.792. The molecule has 0 spiro atoms. The molecule has 1 unspecified atom stereocenters. The maximum absolute atomic E-state index is 12.4. The van der Waals surface area contributed by atoms with Gasteiger partial charge in [-0.05, 0) is 34.6 Å². The number of nitrogens with zero attached hydrogens (tertiary/aromatic N) is 2. The average Bonchev–Trinajstić information content (AvgIpc) is 3.13. The summed E-state index contributed by atoms with van der Waals surface area (Å²) in [6.07, 6.45) is 4.46. The summed E-state index contributed by atoms with van der Waals surface area (Å²) in [5.74, 6) is 1.18. The van der Waals surface area contributed by atoms with Crippen molar-refractivity contribution in [1.29, 1.82) is 0 Å². The Hall–Kier alpha value is -2.88. The lowest BCUT2D eigenvalue weighted by Crippen LogP contribution is -2.39. The smallest absolute Gasteiger partial charge is 0.254 e. The Morgan fingerprint density at radius 1 is 1.08 bits per heavy atom. The third kappa shape index (κ3) is 2.29. The molecule has 130 valence electrons. The first kappa shape index (κ1) is 15.4. The Morgan fingerprint density at radius 2 is 1.69 bits per heavy atom. The zero-order valence-corrected chi connectivity index (χ0v) is 14.7. The van der Waals surface area contributed by atoms with Gasteiger partial charge in [0.1, 0.15) is 0 Å². The summed E-state index contributed by atoms with van der Waals surface area (Å²) in [5, 5.41) is 7.22. The molecule has 3 aliphatic rings. The van der Waals surface area contributed by atoms with E-state index in [1.807, 2.05) is 7.05 Å². The SMILES string of the molecule is Cn1cc(C(=O)NCC2CC3c4ccccc4C2c2ccccc23)cn1. The fourth-order valence-corrected chi connectivity index (χ4v) is 4.82. The molecule has 0 saturated heterocycles. The minimum atomic E-state index is -0.0406. The number of amides is 1. The van der Waals surface area contributed by atoms with Crippen LogP contribution in [-0.2, 0) is 7.05 Å². The first-order chi connectivity index (χ1) is 12.7. The fourth-order valence-electron chi connectivity index (χ4n) is 4.82. The van der Waals surface area contributed by atoms with Gasteiger partial charge in [0.05, 0.1) is 11.8 Å². The minimum absolute atomic E-state index is 0.0406. The van der Waals surface area contributed by atoms with Crippen LogP contribution in [0.1, 0.15) is 50.9 Å². The molecule has 3 aromatic rings. The third-order valence-corrected chi connectivity index (χ3v) is 5.91. The molecule has 2 aromatic carbocycles. The molecule has 1 aromatic heterocycles. The van der Waals surface area contributed by atoms with Gasteiger partial charge in [-0.3, -0.25) is 9.48 Å². The van der Waals surface area contributed by atoms with Crippen LogP contribution in [-0.4, -0.2) is 22.2 Å². The molecule has 26 heavy (non-hydrogen) atoms. The zero-order chi connectivity index (χ0) is 17.7. The summed E-state index contributed by atoms with van der Waals surface area (Å²) in [7, 11) is 1.82. The topological polar surface area (TPSA) is 46.9 Å². The summed E-state index contributed by atoms with van der Waals surface area (Å²) >= 11 is 0. The van der Waals surface area contributed by atoms with E-state index in [1.165, 1.54) is 22.3 Å². The minimum Gasteiger partial charge on any atom is -0.352 e. The van der Waals surface area contributed by atoms with Crippen LogP contribution in [0.5, 0.6) is 0 Å². The molecule has 4 heteroatoms. The van der Waals surface area contributed by atoms with Gasteiger partial charge in [-0.2, -0.15) is 5.10 Å². The van der Waals surface area contributed by atoms with Crippen molar-refractivity contribution in [2.75, 3.05) is 6.54 Å². The number of benzene rings is 2. The van der Waals surface area contributed by atoms with Crippen LogP contribution in [0.4, 0.5) is 0 Å². The van der Waals surface area contributed by atoms with E-state index in [0.717, 1.165) is 6.42 Å². The van der Waals surface area contributed by atoms with E-state index in [2.05, 4.69) is 58.9 Å². The highest BCUT2D eigenvalue weighted by Gasteiger charge is 2.42. The highest BCUT2D eigenvalue weighted by Crippen LogP contribution is 2.55. The van der Waals surface area contributed by atoms with Gasteiger partial charge in [-0.15, -0.1) is 0 Å². The Bertz CT molecular complexity index is 943. The van der Waals surface area contributed by atoms with E-state index in [9.17, 15) is 4.79 Å². The maximum Gasteiger partial charge on any atom is 0.254 e. The molecule has 0 saturated carbocycles. The monoisotopic (exact) mass is 343 g/mol. The molecule has 1 heterocycles. The highest BCUT2D eigenvalue weighted by molar-refractivity contribution is 5.93. The molecule has 6 rings (SSSR count). The van der Waals surface area contributed by atoms with Crippen molar-refractivity contribution in [2.24, 2.45) is 13.0 Å². The van der Waals surface area contributed by atoms with Crippen molar-refractivity contribution in [3.63, 3.8) is 0 Å². The number of hydrogen-bond donors (Lipinski definition) is 1. The van der Waals surface area contributed by atoms with Crippen LogP contribution in [0.25, 0.3) is 0 Å². The zero-order valence-electron chi connectivity index (χ0n) is 14.7. The normalized spacial score (nSPS) is 22.6. The fraction of sp³-hybridized carbons (Fsp3) is 0.273. The molecule has 3 aliphatic carbocycles. The summed E-state index contributed by atoms with van der Waals surface area (Å²) in [5.41, 5.74) is 6.41. The Kier molecular flexibility index (Phi) is 3.45. The van der Waals surface area contributed by atoms with E-state index in [1.54, 1.807) is 17.1 Å². The molecule has 1 N–H and O–H groups in total. The highest BCUT2D eigenvalue weighted by atomic mass is 16.1. The van der Waals surface area contributed by atoms with Crippen LogP contribution >= 0.6 is 0 Å². The van der Waals surface area contributed by atoms with E-state index in [-0.39, 0.29) is 5.91 Å². The molecular formula is C22H21N3O. The van der Waals surface area contributed by atoms with Crippen molar-refractivity contribution in [3.05, 3.63) is 88.7 Å². The molecule has 0 aliphatic heterocycles. The number of aromatic nitrogens is 2. The lowest BCUT2D eigenvalue weighted by atomic mass is 9.59. The van der Waals surface area contributed by atoms with Crippen molar-refractivity contribution >= 4 is 5.91 Å². The molecule has 4 nitrogen and oxygen atoms in total. The number of rotatable bonds is 3. The van der Waals surface area contributed by atoms with E-state index in [4.69, 9.17) is 0 Å². The van der Waals surface area contributed by atoms with Gasteiger partial charge in [0.2, 0.25) is 0 Å². The molecule has 2 bridgehead atoms. The van der Waals surface area contributed by atoms with Crippen LogP contribution < -0.4 is 5.32 Å². The van der Waals surface area contributed by atoms with Crippen molar-refractivity contribution in [1.82, 2.24) is 15.1 Å². The number of fused-ring (bicyclic) bond motifs is 1. The van der Waals surface area contributed by atoms with Crippen molar-refractivity contribution in [3.8, 4) is 0 Å². The van der Waals surface area contributed by atoms with Crippen LogP contribution in [0.15, 0.2) is 60.9 Å². The summed E-state index contributed by atoms with van der Waals surface area (Å²) < 4.78 is 1.66. The average molecular weight is 343 g/mol. The number of carbonyl (C=O) groups is 1. The summed E-state index contributed by atoms with van der Waals surface area (Å²) in [6.45, 7) is 0.692. The van der Waals surface area contributed by atoms with Crippen molar-refractivity contribution < 1.29 is 4.79 Å². The third-order valence-electron chi connectivity index (χ3n) is 5.91. The molecule has 0 radical (unpaired) electrons. The van der Waals surface area contributed by atoms with Gasteiger partial charge in [0, 0.05) is 31.6 Å². The number of hydrogen-bond acceptors (Lipinski definition) is 2. The standard InChI is InChI=1S/C22H21N3O/c1-25-13-15(12-24-25)22(26)23-11-14-10-20-16-6-2-4-8-18(16)21(14)19-9-5-3-7-17(19)20/h2-9,12-14,20-21H,10-11H2,1H3,(H,23,26). The summed E-state index contributed by atoms with van der Waals surface area (Å²) in [6, 6.07) is 17.6. The first-order valence-corrected chi connectivity index (χ1v) is 9.17. The second kappa shape index (κ2) is 5.84. The predicted molar refractivity (Wildman–Crippen MR) is 100 cm³/mol. The van der Waals surface area contributed by atoms with E-state index in [0.29, 0.717) is 29.9 Å². The maximum atomic E-state index is 12.4. The van der Waals surface area contributed by atoms with Crippen molar-refractivity contribution in [2.45, 2.75) is 18.3 Å².